The van der Waals surface area contributed by atoms with E-state index in [0.29, 0.717) is 12.1 Å². The van der Waals surface area contributed by atoms with Crippen LogP contribution in [0.5, 0.6) is 0 Å². The second-order valence-electron chi connectivity index (χ2n) is 4.65. The molecule has 1 aliphatic carbocycles. The molecule has 0 aromatic carbocycles. The number of imidazole rings is 1. The van der Waals surface area contributed by atoms with Crippen LogP contribution in [-0.4, -0.2) is 27.1 Å². The van der Waals surface area contributed by atoms with E-state index in [0.717, 1.165) is 11.1 Å². The Labute approximate surface area is 102 Å². The van der Waals surface area contributed by atoms with E-state index in [2.05, 4.69) is 35.1 Å². The topological polar surface area (TPSA) is 29.9 Å². The summed E-state index contributed by atoms with van der Waals surface area (Å²) < 4.78 is 2.10. The first-order valence-corrected chi connectivity index (χ1v) is 7.25. The Hall–Kier alpha value is -0.480. The lowest BCUT2D eigenvalue weighted by molar-refractivity contribution is 0.440. The number of hydrogen-bond acceptors (Lipinski definition) is 3. The zero-order chi connectivity index (χ0) is 11.5. The first-order valence-electron chi connectivity index (χ1n) is 5.96. The summed E-state index contributed by atoms with van der Waals surface area (Å²) in [5, 5.41) is 4.54. The Kier molecular flexibility index (Phi) is 3.92. The van der Waals surface area contributed by atoms with Crippen LogP contribution < -0.4 is 5.32 Å². The van der Waals surface area contributed by atoms with Gasteiger partial charge in [-0.15, -0.1) is 0 Å². The van der Waals surface area contributed by atoms with Gasteiger partial charge in [-0.05, 0) is 32.4 Å². The van der Waals surface area contributed by atoms with Crippen molar-refractivity contribution in [3.63, 3.8) is 0 Å². The van der Waals surface area contributed by atoms with Crippen LogP contribution in [0, 0.1) is 0 Å². The van der Waals surface area contributed by atoms with Gasteiger partial charge in [-0.1, -0.05) is 0 Å². The summed E-state index contributed by atoms with van der Waals surface area (Å²) in [5.41, 5.74) is 0. The number of aromatic nitrogens is 2. The monoisotopic (exact) mass is 239 g/mol. The van der Waals surface area contributed by atoms with Crippen molar-refractivity contribution in [3.8, 4) is 0 Å². The predicted octanol–water partition coefficient (Wildman–Crippen LogP) is 2.35. The maximum absolute atomic E-state index is 4.39. The van der Waals surface area contributed by atoms with Crippen molar-refractivity contribution in [1.29, 1.82) is 0 Å². The van der Waals surface area contributed by atoms with Crippen molar-refractivity contribution in [2.45, 2.75) is 43.5 Å². The summed E-state index contributed by atoms with van der Waals surface area (Å²) in [6.45, 7) is 2.20. The number of nitrogens with one attached hydrogen (secondary N) is 1. The Bertz CT molecular complexity index is 337. The Morgan fingerprint density at radius 2 is 2.38 bits per heavy atom. The standard InChI is InChI=1S/C12H21N3S/c1-9(12-13-6-7-15(12)2)14-10-4-5-11(8-10)16-3/h6-7,9-11,14H,4-5,8H2,1-3H3. The molecule has 0 bridgehead atoms. The SMILES string of the molecule is CSC1CCC(NC(C)c2nccn2C)C1. The zero-order valence-corrected chi connectivity index (χ0v) is 11.1. The summed E-state index contributed by atoms with van der Waals surface area (Å²) in [7, 11) is 2.06. The lowest BCUT2D eigenvalue weighted by Gasteiger charge is -2.19. The van der Waals surface area contributed by atoms with E-state index in [9.17, 15) is 0 Å². The molecule has 1 aromatic heterocycles. The van der Waals surface area contributed by atoms with Crippen LogP contribution in [0.25, 0.3) is 0 Å². The minimum absolute atomic E-state index is 0.352. The van der Waals surface area contributed by atoms with Gasteiger partial charge < -0.3 is 9.88 Å². The molecule has 1 heterocycles. The van der Waals surface area contributed by atoms with Gasteiger partial charge in [0.25, 0.3) is 0 Å². The molecule has 0 aliphatic heterocycles. The molecule has 1 aliphatic rings. The summed E-state index contributed by atoms with van der Waals surface area (Å²) in [6, 6.07) is 1.02. The lowest BCUT2D eigenvalue weighted by Crippen LogP contribution is -2.31. The fourth-order valence-corrected chi connectivity index (χ4v) is 3.32. The molecule has 3 nitrogen and oxygen atoms in total. The van der Waals surface area contributed by atoms with Crippen molar-refractivity contribution in [2.24, 2.45) is 7.05 Å². The predicted molar refractivity (Wildman–Crippen MR) is 69.7 cm³/mol. The van der Waals surface area contributed by atoms with E-state index in [1.807, 2.05) is 24.2 Å². The van der Waals surface area contributed by atoms with Crippen molar-refractivity contribution in [1.82, 2.24) is 14.9 Å². The minimum atomic E-state index is 0.352. The van der Waals surface area contributed by atoms with E-state index in [1.165, 1.54) is 19.3 Å². The summed E-state index contributed by atoms with van der Waals surface area (Å²) >= 11 is 2.00. The third kappa shape index (κ3) is 2.61. The van der Waals surface area contributed by atoms with Crippen LogP contribution in [0.1, 0.15) is 38.1 Å². The number of thioether (sulfide) groups is 1. The Morgan fingerprint density at radius 3 is 2.94 bits per heavy atom. The van der Waals surface area contributed by atoms with Gasteiger partial charge in [0.05, 0.1) is 6.04 Å². The molecule has 16 heavy (non-hydrogen) atoms. The van der Waals surface area contributed by atoms with E-state index in [1.54, 1.807) is 0 Å². The smallest absolute Gasteiger partial charge is 0.125 e. The number of aryl methyl sites for hydroxylation is 1. The summed E-state index contributed by atoms with van der Waals surface area (Å²) in [6.07, 6.45) is 10.1. The fourth-order valence-electron chi connectivity index (χ4n) is 2.53. The highest BCUT2D eigenvalue weighted by atomic mass is 32.2. The van der Waals surface area contributed by atoms with E-state index < -0.39 is 0 Å². The molecule has 3 unspecified atom stereocenters. The van der Waals surface area contributed by atoms with Gasteiger partial charge in [-0.3, -0.25) is 0 Å². The summed E-state index contributed by atoms with van der Waals surface area (Å²) in [4.78, 5) is 4.39. The highest BCUT2D eigenvalue weighted by Crippen LogP contribution is 2.29. The first kappa shape index (κ1) is 12.0. The molecule has 1 fully saturated rings. The average Bonchev–Trinajstić information content (AvgIpc) is 2.86. The van der Waals surface area contributed by atoms with E-state index in [4.69, 9.17) is 0 Å². The maximum atomic E-state index is 4.39. The highest BCUT2D eigenvalue weighted by molar-refractivity contribution is 7.99. The van der Waals surface area contributed by atoms with Crippen molar-refractivity contribution in [2.75, 3.05) is 6.26 Å². The molecular formula is C12H21N3S. The third-order valence-corrected chi connectivity index (χ3v) is 4.54. The molecule has 90 valence electrons. The third-order valence-electron chi connectivity index (χ3n) is 3.45. The first-order chi connectivity index (χ1) is 7.70. The molecule has 0 saturated heterocycles. The van der Waals surface area contributed by atoms with Gasteiger partial charge in [-0.25, -0.2) is 4.98 Å². The zero-order valence-electron chi connectivity index (χ0n) is 10.3. The maximum Gasteiger partial charge on any atom is 0.125 e. The van der Waals surface area contributed by atoms with Gasteiger partial charge in [-0.2, -0.15) is 11.8 Å². The molecule has 0 radical (unpaired) electrons. The van der Waals surface area contributed by atoms with Gasteiger partial charge >= 0.3 is 0 Å². The molecule has 3 atom stereocenters. The number of nitrogens with zero attached hydrogens (tertiary/aromatic N) is 2. The van der Waals surface area contributed by atoms with Crippen LogP contribution in [0.3, 0.4) is 0 Å². The van der Waals surface area contributed by atoms with E-state index in [-0.39, 0.29) is 0 Å². The van der Waals surface area contributed by atoms with Gasteiger partial charge in [0.15, 0.2) is 0 Å². The van der Waals surface area contributed by atoms with Gasteiger partial charge in [0.1, 0.15) is 5.82 Å². The molecular weight excluding hydrogens is 218 g/mol. The molecule has 4 heteroatoms. The van der Waals surface area contributed by atoms with Crippen molar-refractivity contribution in [3.05, 3.63) is 18.2 Å². The highest BCUT2D eigenvalue weighted by Gasteiger charge is 2.25. The minimum Gasteiger partial charge on any atom is -0.337 e. The van der Waals surface area contributed by atoms with Gasteiger partial charge in [0, 0.05) is 30.7 Å². The van der Waals surface area contributed by atoms with Crippen LogP contribution in [0.15, 0.2) is 12.4 Å². The number of hydrogen-bond donors (Lipinski definition) is 1. The van der Waals surface area contributed by atoms with E-state index >= 15 is 0 Å². The van der Waals surface area contributed by atoms with Crippen molar-refractivity contribution < 1.29 is 0 Å². The van der Waals surface area contributed by atoms with Crippen LogP contribution >= 0.6 is 11.8 Å². The second kappa shape index (κ2) is 5.23. The van der Waals surface area contributed by atoms with Crippen LogP contribution in [0.4, 0.5) is 0 Å². The van der Waals surface area contributed by atoms with Gasteiger partial charge in [0.2, 0.25) is 0 Å². The molecule has 2 rings (SSSR count). The largest absolute Gasteiger partial charge is 0.337 e. The quantitative estimate of drug-likeness (QED) is 0.875. The lowest BCUT2D eigenvalue weighted by atomic mass is 10.2. The molecule has 0 spiro atoms. The molecule has 0 amide bonds. The Balaban J connectivity index is 1.89. The normalized spacial score (nSPS) is 27.2. The summed E-state index contributed by atoms with van der Waals surface area (Å²) in [5.74, 6) is 1.13. The van der Waals surface area contributed by atoms with Crippen LogP contribution in [0.2, 0.25) is 0 Å². The van der Waals surface area contributed by atoms with Crippen LogP contribution in [-0.2, 0) is 7.05 Å². The van der Waals surface area contributed by atoms with Crippen molar-refractivity contribution >= 4 is 11.8 Å². The Morgan fingerprint density at radius 1 is 1.56 bits per heavy atom. The molecule has 1 aromatic rings. The molecule has 1 saturated carbocycles. The molecule has 1 N–H and O–H groups in total. The average molecular weight is 239 g/mol. The fraction of sp³-hybridized carbons (Fsp3) is 0.750. The second-order valence-corrected chi connectivity index (χ2v) is 5.79. The number of rotatable bonds is 4.